The second-order valence-corrected chi connectivity index (χ2v) is 18.3. The molecule has 3 aromatic heterocycles. The predicted molar refractivity (Wildman–Crippen MR) is 273 cm³/mol. The molecule has 0 aliphatic carbocycles. The first kappa shape index (κ1) is 36.8. The first-order valence-corrected chi connectivity index (χ1v) is 23.2. The van der Waals surface area contributed by atoms with E-state index in [0.29, 0.717) is 17.5 Å². The van der Waals surface area contributed by atoms with Crippen molar-refractivity contribution in [2.24, 2.45) is 0 Å². The molecule has 298 valence electrons. The van der Waals surface area contributed by atoms with E-state index in [9.17, 15) is 0 Å². The van der Waals surface area contributed by atoms with E-state index in [-0.39, 0.29) is 0 Å². The molecule has 0 bridgehead atoms. The van der Waals surface area contributed by atoms with Crippen molar-refractivity contribution in [3.05, 3.63) is 212 Å². The van der Waals surface area contributed by atoms with Crippen molar-refractivity contribution in [2.75, 3.05) is 0 Å². The summed E-state index contributed by atoms with van der Waals surface area (Å²) in [6, 6.07) is 76.3. The van der Waals surface area contributed by atoms with Gasteiger partial charge >= 0.3 is 0 Å². The Labute approximate surface area is 377 Å². The van der Waals surface area contributed by atoms with Crippen molar-refractivity contribution >= 4 is 84.6 Å². The molecule has 5 heteroatoms. The maximum absolute atomic E-state index is 5.49. The Bertz CT molecular complexity index is 3790. The van der Waals surface area contributed by atoms with Crippen LogP contribution in [0.15, 0.2) is 212 Å². The van der Waals surface area contributed by atoms with Gasteiger partial charge in [-0.25, -0.2) is 15.0 Å². The third-order valence-electron chi connectivity index (χ3n) is 12.6. The lowest BCUT2D eigenvalue weighted by Crippen LogP contribution is -2.01. The van der Waals surface area contributed by atoms with Crippen molar-refractivity contribution in [2.45, 2.75) is 0 Å². The minimum atomic E-state index is 0.637. The van der Waals surface area contributed by atoms with E-state index in [4.69, 9.17) is 15.0 Å². The molecule has 0 N–H and O–H groups in total. The number of hydrogen-bond donors (Lipinski definition) is 0. The van der Waals surface area contributed by atoms with Crippen molar-refractivity contribution in [1.29, 1.82) is 0 Å². The fourth-order valence-corrected chi connectivity index (χ4v) is 12.2. The van der Waals surface area contributed by atoms with E-state index >= 15 is 0 Å². The quantitative estimate of drug-likeness (QED) is 0.156. The van der Waals surface area contributed by atoms with Crippen LogP contribution in [0, 0.1) is 0 Å². The number of fused-ring (bicyclic) bond motifs is 8. The van der Waals surface area contributed by atoms with Gasteiger partial charge in [0.05, 0.1) is 0 Å². The zero-order chi connectivity index (χ0) is 42.1. The van der Waals surface area contributed by atoms with E-state index in [1.54, 1.807) is 22.7 Å². The van der Waals surface area contributed by atoms with E-state index in [1.807, 2.05) is 0 Å². The van der Waals surface area contributed by atoms with Crippen molar-refractivity contribution in [1.82, 2.24) is 15.0 Å². The largest absolute Gasteiger partial charge is 0.208 e. The Hall–Kier alpha value is -7.83. The van der Waals surface area contributed by atoms with E-state index < -0.39 is 0 Å². The number of aromatic nitrogens is 3. The van der Waals surface area contributed by atoms with Gasteiger partial charge in [-0.2, -0.15) is 0 Å². The Morgan fingerprint density at radius 2 is 0.562 bits per heavy atom. The second-order valence-electron chi connectivity index (χ2n) is 16.2. The van der Waals surface area contributed by atoms with Crippen LogP contribution in [0.2, 0.25) is 0 Å². The summed E-state index contributed by atoms with van der Waals surface area (Å²) < 4.78 is 4.83. The molecular weight excluding hydrogens is 815 g/mol. The highest BCUT2D eigenvalue weighted by Crippen LogP contribution is 2.48. The molecule has 3 nitrogen and oxygen atoms in total. The highest BCUT2D eigenvalue weighted by molar-refractivity contribution is 7.26. The van der Waals surface area contributed by atoms with Crippen LogP contribution >= 0.6 is 22.7 Å². The van der Waals surface area contributed by atoms with E-state index in [0.717, 1.165) is 27.8 Å². The minimum Gasteiger partial charge on any atom is -0.208 e. The number of benzene rings is 10. The van der Waals surface area contributed by atoms with Gasteiger partial charge in [0.1, 0.15) is 0 Å². The van der Waals surface area contributed by atoms with Gasteiger partial charge in [-0.1, -0.05) is 188 Å². The molecule has 0 saturated carbocycles. The lowest BCUT2D eigenvalue weighted by molar-refractivity contribution is 1.08. The molecule has 0 radical (unpaired) electrons. The van der Waals surface area contributed by atoms with Gasteiger partial charge in [0, 0.05) is 57.0 Å². The first-order chi connectivity index (χ1) is 31.8. The van der Waals surface area contributed by atoms with Crippen LogP contribution in [0.3, 0.4) is 0 Å². The molecule has 0 spiro atoms. The zero-order valence-electron chi connectivity index (χ0n) is 34.4. The number of rotatable bonds is 6. The van der Waals surface area contributed by atoms with Gasteiger partial charge in [-0.15, -0.1) is 22.7 Å². The van der Waals surface area contributed by atoms with Crippen molar-refractivity contribution < 1.29 is 0 Å². The van der Waals surface area contributed by atoms with Crippen LogP contribution in [-0.4, -0.2) is 15.0 Å². The standard InChI is InChI=1S/C59H35N3S2/c1-2-18-36(19-3-1)37-20-4-5-23-40(37)53-41-24-6-8-26-43(41)54(44-27-9-7-25-42(44)53)45-28-10-11-29-48(45)57-60-58(49-32-16-30-46-38-21-12-14-34-51(38)63-55(46)49)62-59(61-57)50-33-17-31-47-39-22-13-15-35-52(39)64-56(47)50/h1-35H. The van der Waals surface area contributed by atoms with Crippen molar-refractivity contribution in [3.8, 4) is 67.5 Å². The van der Waals surface area contributed by atoms with Crippen LogP contribution in [0.5, 0.6) is 0 Å². The number of hydrogen-bond acceptors (Lipinski definition) is 5. The third kappa shape index (κ3) is 5.82. The fraction of sp³-hybridized carbons (Fsp3) is 0. The fourth-order valence-electron chi connectivity index (χ4n) is 9.76. The Kier molecular flexibility index (Phi) is 8.58. The molecule has 0 amide bonds. The zero-order valence-corrected chi connectivity index (χ0v) is 36.0. The van der Waals surface area contributed by atoms with Gasteiger partial charge in [0.2, 0.25) is 0 Å². The van der Waals surface area contributed by atoms with Crippen molar-refractivity contribution in [3.63, 3.8) is 0 Å². The highest BCUT2D eigenvalue weighted by atomic mass is 32.1. The summed E-state index contributed by atoms with van der Waals surface area (Å²) in [5.74, 6) is 1.96. The van der Waals surface area contributed by atoms with Gasteiger partial charge in [0.15, 0.2) is 17.5 Å². The summed E-state index contributed by atoms with van der Waals surface area (Å²) in [7, 11) is 0. The van der Waals surface area contributed by atoms with Crippen LogP contribution in [0.25, 0.3) is 129 Å². The smallest absolute Gasteiger partial charge is 0.165 e. The summed E-state index contributed by atoms with van der Waals surface area (Å²) in [6.45, 7) is 0. The summed E-state index contributed by atoms with van der Waals surface area (Å²) in [4.78, 5) is 16.4. The molecule has 3 heterocycles. The number of nitrogens with zero attached hydrogens (tertiary/aromatic N) is 3. The second kappa shape index (κ2) is 14.9. The Balaban J connectivity index is 1.09. The Morgan fingerprint density at radius 3 is 1.05 bits per heavy atom. The van der Waals surface area contributed by atoms with Gasteiger partial charge in [0.25, 0.3) is 0 Å². The van der Waals surface area contributed by atoms with Gasteiger partial charge < -0.3 is 0 Å². The van der Waals surface area contributed by atoms with Crippen LogP contribution in [0.1, 0.15) is 0 Å². The SMILES string of the molecule is c1ccc(-c2ccccc2-c2c3ccccc3c(-c3ccccc3-c3nc(-c4cccc5c4sc4ccccc45)nc(-c4cccc5c4sc4ccccc45)n3)c3ccccc23)cc1. The minimum absolute atomic E-state index is 0.637. The molecule has 0 fully saturated rings. The molecule has 64 heavy (non-hydrogen) atoms. The molecular formula is C59H35N3S2. The molecule has 13 rings (SSSR count). The lowest BCUT2D eigenvalue weighted by Gasteiger charge is -2.21. The molecule has 0 aliphatic rings. The molecule has 0 aliphatic heterocycles. The summed E-state index contributed by atoms with van der Waals surface area (Å²) >= 11 is 3.59. The maximum atomic E-state index is 5.49. The van der Waals surface area contributed by atoms with Crippen LogP contribution in [-0.2, 0) is 0 Å². The van der Waals surface area contributed by atoms with Crippen LogP contribution in [0.4, 0.5) is 0 Å². The highest BCUT2D eigenvalue weighted by Gasteiger charge is 2.24. The summed E-state index contributed by atoms with van der Waals surface area (Å²) in [5.41, 5.74) is 10.0. The van der Waals surface area contributed by atoms with Gasteiger partial charge in [-0.05, 0) is 79.2 Å². The molecule has 0 saturated heterocycles. The number of thiophene rings is 2. The average molecular weight is 850 g/mol. The summed E-state index contributed by atoms with van der Waals surface area (Å²) in [5, 5.41) is 9.64. The monoisotopic (exact) mass is 849 g/mol. The molecule has 10 aromatic carbocycles. The van der Waals surface area contributed by atoms with Gasteiger partial charge in [-0.3, -0.25) is 0 Å². The molecule has 0 unspecified atom stereocenters. The predicted octanol–water partition coefficient (Wildman–Crippen LogP) is 16.9. The topological polar surface area (TPSA) is 38.7 Å². The maximum Gasteiger partial charge on any atom is 0.165 e. The van der Waals surface area contributed by atoms with Crippen LogP contribution < -0.4 is 0 Å². The summed E-state index contributed by atoms with van der Waals surface area (Å²) in [6.07, 6.45) is 0. The molecule has 0 atom stereocenters. The lowest BCUT2D eigenvalue weighted by atomic mass is 9.83. The van der Waals surface area contributed by atoms with E-state index in [2.05, 4.69) is 212 Å². The van der Waals surface area contributed by atoms with E-state index in [1.165, 1.54) is 84.1 Å². The first-order valence-electron chi connectivity index (χ1n) is 21.5. The average Bonchev–Trinajstić information content (AvgIpc) is 3.95. The Morgan fingerprint density at radius 1 is 0.234 bits per heavy atom. The molecule has 13 aromatic rings. The normalized spacial score (nSPS) is 11.8. The third-order valence-corrected chi connectivity index (χ3v) is 15.0.